The first-order valence-electron chi connectivity index (χ1n) is 9.14. The Morgan fingerprint density at radius 3 is 2.96 bits per heavy atom. The highest BCUT2D eigenvalue weighted by atomic mass is 19.1. The lowest BCUT2D eigenvalue weighted by Gasteiger charge is -2.13. The van der Waals surface area contributed by atoms with E-state index in [0.717, 1.165) is 79.5 Å². The van der Waals surface area contributed by atoms with E-state index in [0.29, 0.717) is 0 Å². The summed E-state index contributed by atoms with van der Waals surface area (Å²) >= 11 is 0. The van der Waals surface area contributed by atoms with Gasteiger partial charge in [-0.1, -0.05) is 0 Å². The van der Waals surface area contributed by atoms with Gasteiger partial charge in [0.25, 0.3) is 0 Å². The van der Waals surface area contributed by atoms with Crippen molar-refractivity contribution in [2.24, 2.45) is 0 Å². The van der Waals surface area contributed by atoms with E-state index in [2.05, 4.69) is 30.6 Å². The Hall–Kier alpha value is -2.54. The van der Waals surface area contributed by atoms with Gasteiger partial charge in [0, 0.05) is 31.5 Å². The predicted octanol–water partition coefficient (Wildman–Crippen LogP) is 2.53. The molecule has 2 aromatic heterocycles. The van der Waals surface area contributed by atoms with Crippen molar-refractivity contribution in [2.45, 2.75) is 32.6 Å². The highest BCUT2D eigenvalue weighted by Gasteiger charge is 2.15. The van der Waals surface area contributed by atoms with Crippen molar-refractivity contribution in [3.8, 4) is 0 Å². The van der Waals surface area contributed by atoms with Gasteiger partial charge in [0.15, 0.2) is 0 Å². The molecule has 0 unspecified atom stereocenters. The van der Waals surface area contributed by atoms with Crippen LogP contribution in [0.1, 0.15) is 29.3 Å². The Bertz CT molecular complexity index is 920. The minimum absolute atomic E-state index is 0.247. The van der Waals surface area contributed by atoms with Crippen LogP contribution in [-0.4, -0.2) is 39.6 Å². The van der Waals surface area contributed by atoms with Gasteiger partial charge in [0.2, 0.25) is 0 Å². The number of anilines is 1. The number of aryl methyl sites for hydroxylation is 2. The molecule has 3 heterocycles. The van der Waals surface area contributed by atoms with Crippen molar-refractivity contribution in [3.05, 3.63) is 46.9 Å². The second-order valence-corrected chi connectivity index (χ2v) is 6.67. The number of fused-ring (bicyclic) bond motifs is 2. The van der Waals surface area contributed by atoms with Crippen molar-refractivity contribution >= 4 is 16.9 Å². The van der Waals surface area contributed by atoms with Crippen LogP contribution >= 0.6 is 0 Å². The van der Waals surface area contributed by atoms with Gasteiger partial charge in [-0.15, -0.1) is 0 Å². The summed E-state index contributed by atoms with van der Waals surface area (Å²) in [5.41, 5.74) is 3.94. The summed E-state index contributed by atoms with van der Waals surface area (Å²) in [5.74, 6) is 2.41. The molecule has 3 N–H and O–H groups in total. The fourth-order valence-electron chi connectivity index (χ4n) is 3.43. The molecule has 7 heteroatoms. The zero-order chi connectivity index (χ0) is 17.9. The van der Waals surface area contributed by atoms with Gasteiger partial charge in [-0.3, -0.25) is 0 Å². The Morgan fingerprint density at radius 1 is 1.15 bits per heavy atom. The third-order valence-corrected chi connectivity index (χ3v) is 4.67. The SMILES string of the molecule is Cc1nc2c(c(NCCCc3nc4ccc(F)cc4[nH]3)n1)CCNCC2. The Balaban J connectivity index is 1.39. The van der Waals surface area contributed by atoms with Crippen LogP contribution in [0.25, 0.3) is 11.0 Å². The molecule has 0 bridgehead atoms. The van der Waals surface area contributed by atoms with E-state index in [1.165, 1.54) is 17.7 Å². The number of hydrogen-bond acceptors (Lipinski definition) is 5. The highest BCUT2D eigenvalue weighted by Crippen LogP contribution is 2.20. The molecule has 0 aliphatic carbocycles. The topological polar surface area (TPSA) is 78.5 Å². The molecule has 4 rings (SSSR count). The number of imidazole rings is 1. The fourth-order valence-corrected chi connectivity index (χ4v) is 3.43. The number of nitrogens with one attached hydrogen (secondary N) is 3. The van der Waals surface area contributed by atoms with Crippen molar-refractivity contribution in [1.82, 2.24) is 25.3 Å². The number of H-pyrrole nitrogens is 1. The van der Waals surface area contributed by atoms with Crippen LogP contribution < -0.4 is 10.6 Å². The van der Waals surface area contributed by atoms with E-state index in [-0.39, 0.29) is 5.82 Å². The highest BCUT2D eigenvalue weighted by molar-refractivity contribution is 5.74. The average Bonchev–Trinajstić information content (AvgIpc) is 2.86. The first kappa shape index (κ1) is 16.9. The molecular weight excluding hydrogens is 331 g/mol. The molecule has 0 saturated carbocycles. The van der Waals surface area contributed by atoms with Gasteiger partial charge in [-0.2, -0.15) is 0 Å². The van der Waals surface area contributed by atoms with Crippen molar-refractivity contribution in [1.29, 1.82) is 0 Å². The quantitative estimate of drug-likeness (QED) is 0.614. The fraction of sp³-hybridized carbons (Fsp3) is 0.421. The molecule has 0 radical (unpaired) electrons. The maximum Gasteiger partial charge on any atom is 0.133 e. The van der Waals surface area contributed by atoms with Crippen LogP contribution in [0.4, 0.5) is 10.2 Å². The molecule has 0 amide bonds. The summed E-state index contributed by atoms with van der Waals surface area (Å²) in [6, 6.07) is 4.62. The van der Waals surface area contributed by atoms with Crippen molar-refractivity contribution in [3.63, 3.8) is 0 Å². The van der Waals surface area contributed by atoms with Gasteiger partial charge in [-0.05, 0) is 44.5 Å². The van der Waals surface area contributed by atoms with Crippen LogP contribution in [0, 0.1) is 12.7 Å². The average molecular weight is 354 g/mol. The number of rotatable bonds is 5. The van der Waals surface area contributed by atoms with E-state index in [9.17, 15) is 4.39 Å². The minimum atomic E-state index is -0.247. The number of aromatic amines is 1. The second kappa shape index (κ2) is 7.37. The number of nitrogens with zero attached hydrogens (tertiary/aromatic N) is 3. The van der Waals surface area contributed by atoms with Gasteiger partial charge in [0.05, 0.1) is 16.7 Å². The molecule has 0 spiro atoms. The largest absolute Gasteiger partial charge is 0.370 e. The third-order valence-electron chi connectivity index (χ3n) is 4.67. The standard InChI is InChI=1S/C19H23FN6/c1-12-23-15-7-10-21-9-6-14(15)19(24-12)22-8-2-3-18-25-16-5-4-13(20)11-17(16)26-18/h4-5,11,21H,2-3,6-10H2,1H3,(H,25,26)(H,22,23,24). The molecule has 3 aromatic rings. The van der Waals surface area contributed by atoms with E-state index < -0.39 is 0 Å². The summed E-state index contributed by atoms with van der Waals surface area (Å²) in [6.45, 7) is 4.68. The van der Waals surface area contributed by atoms with Gasteiger partial charge in [-0.25, -0.2) is 19.3 Å². The molecule has 0 atom stereocenters. The number of benzene rings is 1. The summed E-state index contributed by atoms with van der Waals surface area (Å²) in [5, 5.41) is 6.89. The normalized spacial score (nSPS) is 14.2. The zero-order valence-electron chi connectivity index (χ0n) is 14.9. The van der Waals surface area contributed by atoms with Crippen molar-refractivity contribution < 1.29 is 4.39 Å². The summed E-state index contributed by atoms with van der Waals surface area (Å²) < 4.78 is 13.3. The second-order valence-electron chi connectivity index (χ2n) is 6.67. The lowest BCUT2D eigenvalue weighted by molar-refractivity contribution is 0.629. The first-order chi connectivity index (χ1) is 12.7. The molecule has 0 saturated heterocycles. The lowest BCUT2D eigenvalue weighted by Crippen LogP contribution is -2.16. The molecular formula is C19H23FN6. The first-order valence-corrected chi connectivity index (χ1v) is 9.14. The van der Waals surface area contributed by atoms with Gasteiger partial charge < -0.3 is 15.6 Å². The predicted molar refractivity (Wildman–Crippen MR) is 99.9 cm³/mol. The van der Waals surface area contributed by atoms with Crippen LogP contribution in [0.3, 0.4) is 0 Å². The van der Waals surface area contributed by atoms with Gasteiger partial charge in [0.1, 0.15) is 23.3 Å². The van der Waals surface area contributed by atoms with E-state index in [1.54, 1.807) is 6.07 Å². The number of aromatic nitrogens is 4. The molecule has 6 nitrogen and oxygen atoms in total. The maximum atomic E-state index is 13.3. The molecule has 1 aliphatic rings. The molecule has 136 valence electrons. The van der Waals surface area contributed by atoms with Crippen LogP contribution in [0.5, 0.6) is 0 Å². The van der Waals surface area contributed by atoms with Gasteiger partial charge >= 0.3 is 0 Å². The summed E-state index contributed by atoms with van der Waals surface area (Å²) in [7, 11) is 0. The Kier molecular flexibility index (Phi) is 4.79. The molecule has 1 aliphatic heterocycles. The van der Waals surface area contributed by atoms with Crippen LogP contribution in [0.2, 0.25) is 0 Å². The van der Waals surface area contributed by atoms with E-state index >= 15 is 0 Å². The smallest absolute Gasteiger partial charge is 0.133 e. The zero-order valence-corrected chi connectivity index (χ0v) is 14.9. The third kappa shape index (κ3) is 3.67. The van der Waals surface area contributed by atoms with Crippen LogP contribution in [-0.2, 0) is 19.3 Å². The maximum absolute atomic E-state index is 13.3. The molecule has 0 fully saturated rings. The number of halogens is 1. The molecule has 26 heavy (non-hydrogen) atoms. The summed E-state index contributed by atoms with van der Waals surface area (Å²) in [6.07, 6.45) is 3.62. The van der Waals surface area contributed by atoms with Crippen molar-refractivity contribution in [2.75, 3.05) is 25.0 Å². The lowest BCUT2D eigenvalue weighted by atomic mass is 10.1. The Morgan fingerprint density at radius 2 is 2.04 bits per heavy atom. The number of hydrogen-bond donors (Lipinski definition) is 3. The molecule has 1 aromatic carbocycles. The van der Waals surface area contributed by atoms with E-state index in [1.807, 2.05) is 6.92 Å². The Labute approximate surface area is 151 Å². The summed E-state index contributed by atoms with van der Waals surface area (Å²) in [4.78, 5) is 16.9. The minimum Gasteiger partial charge on any atom is -0.370 e. The van der Waals surface area contributed by atoms with E-state index in [4.69, 9.17) is 0 Å². The van der Waals surface area contributed by atoms with Crippen LogP contribution in [0.15, 0.2) is 18.2 Å². The monoisotopic (exact) mass is 354 g/mol.